The van der Waals surface area contributed by atoms with Crippen LogP contribution in [0, 0.1) is 11.2 Å². The highest BCUT2D eigenvalue weighted by Gasteiger charge is 2.43. The second-order valence-electron chi connectivity index (χ2n) is 11.4. The van der Waals surface area contributed by atoms with Gasteiger partial charge in [-0.2, -0.15) is 31.4 Å². The number of nitrogens with one attached hydrogen (secondary N) is 1. The van der Waals surface area contributed by atoms with Crippen molar-refractivity contribution in [3.63, 3.8) is 0 Å². The minimum absolute atomic E-state index is 0.168. The lowest BCUT2D eigenvalue weighted by Gasteiger charge is -2.36. The van der Waals surface area contributed by atoms with E-state index in [1.807, 2.05) is 31.5 Å². The van der Waals surface area contributed by atoms with Gasteiger partial charge in [-0.25, -0.2) is 18.9 Å². The Morgan fingerprint density at radius 1 is 1.00 bits per heavy atom. The maximum absolute atomic E-state index is 14.4. The van der Waals surface area contributed by atoms with Gasteiger partial charge in [-0.3, -0.25) is 4.79 Å². The Labute approximate surface area is 253 Å². The molecule has 1 fully saturated rings. The molecule has 0 bridgehead atoms. The third-order valence-electron chi connectivity index (χ3n) is 7.01. The average Bonchev–Trinajstić information content (AvgIpc) is 3.39. The maximum Gasteiger partial charge on any atom is 0.490 e. The van der Waals surface area contributed by atoms with Crippen molar-refractivity contribution in [2.24, 2.45) is 5.41 Å². The Morgan fingerprint density at radius 2 is 1.60 bits per heavy atom. The topological polar surface area (TPSA) is 127 Å². The Hall–Kier alpha value is -4.37. The molecule has 0 saturated heterocycles. The predicted molar refractivity (Wildman–Crippen MR) is 146 cm³/mol. The van der Waals surface area contributed by atoms with Gasteiger partial charge in [-0.05, 0) is 70.7 Å². The summed E-state index contributed by atoms with van der Waals surface area (Å²) in [6.45, 7) is 6.06. The molecule has 0 amide bonds. The number of alkyl halides is 6. The average molecular weight is 649 g/mol. The first-order chi connectivity index (χ1) is 20.7. The molecule has 2 heterocycles. The smallest absolute Gasteiger partial charge is 0.487 e. The van der Waals surface area contributed by atoms with Gasteiger partial charge in [0.25, 0.3) is 0 Å². The van der Waals surface area contributed by atoms with E-state index in [0.717, 1.165) is 18.0 Å². The number of hydrogen-bond donors (Lipinski definition) is 3. The first-order valence-corrected chi connectivity index (χ1v) is 13.6. The molecule has 16 heteroatoms. The molecule has 9 nitrogen and oxygen atoms in total. The van der Waals surface area contributed by atoms with Crippen LogP contribution in [0.3, 0.4) is 0 Å². The molecule has 45 heavy (non-hydrogen) atoms. The van der Waals surface area contributed by atoms with Crippen LogP contribution in [-0.4, -0.2) is 49.2 Å². The summed E-state index contributed by atoms with van der Waals surface area (Å²) >= 11 is 0. The van der Waals surface area contributed by atoms with Gasteiger partial charge in [0, 0.05) is 18.2 Å². The van der Waals surface area contributed by atoms with Gasteiger partial charge in [0.2, 0.25) is 0 Å². The number of nitrogens with zero attached hydrogens (tertiary/aromatic N) is 3. The molecule has 3 aromatic rings. The van der Waals surface area contributed by atoms with Gasteiger partial charge < -0.3 is 20.3 Å². The van der Waals surface area contributed by atoms with E-state index in [0.29, 0.717) is 17.6 Å². The van der Waals surface area contributed by atoms with Crippen molar-refractivity contribution in [2.75, 3.05) is 5.32 Å². The molecule has 0 radical (unpaired) electrons. The SMILES string of the molecule is CC(C)(C)n1nccc1Nc1cccc(C[C@]2(C(=O)O)CC[C@H](Oc3cccc(C(F)(F)F)c3F)CC2)n1.O=C(O)C(F)(F)F. The summed E-state index contributed by atoms with van der Waals surface area (Å²) in [4.78, 5) is 25.9. The number of hydrogen-bond acceptors (Lipinski definition) is 6. The minimum Gasteiger partial charge on any atom is -0.487 e. The van der Waals surface area contributed by atoms with Crippen LogP contribution in [-0.2, 0) is 27.7 Å². The second kappa shape index (κ2) is 13.3. The quantitative estimate of drug-likeness (QED) is 0.230. The van der Waals surface area contributed by atoms with Crippen molar-refractivity contribution in [1.29, 1.82) is 0 Å². The highest BCUT2D eigenvalue weighted by molar-refractivity contribution is 5.75. The maximum atomic E-state index is 14.4. The molecular weight excluding hydrogens is 617 g/mol. The molecule has 1 aromatic carbocycles. The zero-order valence-electron chi connectivity index (χ0n) is 24.3. The predicted octanol–water partition coefficient (Wildman–Crippen LogP) is 7.20. The second-order valence-corrected chi connectivity index (χ2v) is 11.4. The summed E-state index contributed by atoms with van der Waals surface area (Å²) < 4.78 is 92.6. The number of aromatic nitrogens is 3. The number of aliphatic carboxylic acids is 2. The fourth-order valence-electron chi connectivity index (χ4n) is 4.79. The van der Waals surface area contributed by atoms with Crippen molar-refractivity contribution in [2.45, 2.75) is 76.9 Å². The van der Waals surface area contributed by atoms with Gasteiger partial charge >= 0.3 is 24.3 Å². The van der Waals surface area contributed by atoms with Crippen LogP contribution in [0.4, 0.5) is 42.4 Å². The summed E-state index contributed by atoms with van der Waals surface area (Å²) in [7, 11) is 0. The van der Waals surface area contributed by atoms with Crippen LogP contribution in [0.2, 0.25) is 0 Å². The number of halogens is 7. The van der Waals surface area contributed by atoms with Crippen molar-refractivity contribution < 1.29 is 55.3 Å². The molecule has 4 rings (SSSR count). The number of carboxylic acids is 2. The summed E-state index contributed by atoms with van der Waals surface area (Å²) in [6.07, 6.45) is -7.73. The van der Waals surface area contributed by atoms with E-state index >= 15 is 0 Å². The molecule has 0 spiro atoms. The van der Waals surface area contributed by atoms with Crippen molar-refractivity contribution in [1.82, 2.24) is 14.8 Å². The van der Waals surface area contributed by atoms with Gasteiger partial charge in [0.1, 0.15) is 11.6 Å². The standard InChI is InChI=1S/C27H30F4N4O3.C2HF3O2/c1-25(2,3)35-22(12-15-32-35)34-21-9-4-6-17(33-21)16-26(24(36)37)13-10-18(11-14-26)38-20-8-5-7-19(23(20)28)27(29,30)31;3-2(4,5)1(6)7/h4-9,12,15,18H,10-11,13-14,16H2,1-3H3,(H,33,34)(H,36,37);(H,6,7)/t18-,26-;. The van der Waals surface area contributed by atoms with E-state index in [1.165, 1.54) is 0 Å². The van der Waals surface area contributed by atoms with Crippen molar-refractivity contribution >= 4 is 23.6 Å². The first kappa shape index (κ1) is 35.1. The van der Waals surface area contributed by atoms with E-state index < -0.39 is 52.9 Å². The molecule has 246 valence electrons. The lowest BCUT2D eigenvalue weighted by Crippen LogP contribution is -2.40. The summed E-state index contributed by atoms with van der Waals surface area (Å²) in [6, 6.07) is 10.1. The molecule has 1 aliphatic carbocycles. The number of rotatable bonds is 7. The molecule has 1 saturated carbocycles. The molecule has 0 unspecified atom stereocenters. The normalized spacial score (nSPS) is 18.8. The lowest BCUT2D eigenvalue weighted by atomic mass is 9.70. The Kier molecular flexibility index (Phi) is 10.4. The monoisotopic (exact) mass is 648 g/mol. The number of anilines is 2. The Bertz CT molecular complexity index is 1490. The number of carbonyl (C=O) groups is 2. The van der Waals surface area contributed by atoms with Crippen LogP contribution in [0.15, 0.2) is 48.7 Å². The summed E-state index contributed by atoms with van der Waals surface area (Å²) in [5.41, 5.74) is -2.18. The van der Waals surface area contributed by atoms with E-state index in [4.69, 9.17) is 14.6 Å². The molecule has 0 aliphatic heterocycles. The highest BCUT2D eigenvalue weighted by Crippen LogP contribution is 2.42. The number of carboxylic acid groups (broad SMARTS) is 2. The van der Waals surface area contributed by atoms with Crippen LogP contribution in [0.1, 0.15) is 57.7 Å². The van der Waals surface area contributed by atoms with Gasteiger partial charge in [0.05, 0.1) is 28.8 Å². The van der Waals surface area contributed by atoms with E-state index in [-0.39, 0.29) is 37.6 Å². The van der Waals surface area contributed by atoms with Crippen LogP contribution in [0.5, 0.6) is 5.75 Å². The number of pyridine rings is 1. The Morgan fingerprint density at radius 3 is 2.13 bits per heavy atom. The molecule has 2 aromatic heterocycles. The van der Waals surface area contributed by atoms with E-state index in [1.54, 1.807) is 24.4 Å². The van der Waals surface area contributed by atoms with Gasteiger partial charge in [-0.15, -0.1) is 0 Å². The lowest BCUT2D eigenvalue weighted by molar-refractivity contribution is -0.192. The van der Waals surface area contributed by atoms with Crippen LogP contribution < -0.4 is 10.1 Å². The van der Waals surface area contributed by atoms with Gasteiger partial charge in [-0.1, -0.05) is 12.1 Å². The summed E-state index contributed by atoms with van der Waals surface area (Å²) in [5, 5.41) is 24.8. The fourth-order valence-corrected chi connectivity index (χ4v) is 4.79. The number of benzene rings is 1. The fraction of sp³-hybridized carbons (Fsp3) is 0.448. The zero-order chi connectivity index (χ0) is 33.8. The van der Waals surface area contributed by atoms with Gasteiger partial charge in [0.15, 0.2) is 11.6 Å². The molecule has 1 aliphatic rings. The summed E-state index contributed by atoms with van der Waals surface area (Å²) in [5.74, 6) is -4.39. The third kappa shape index (κ3) is 9.08. The van der Waals surface area contributed by atoms with Crippen molar-refractivity contribution in [3.8, 4) is 5.75 Å². The largest absolute Gasteiger partial charge is 0.490 e. The molecular formula is C29H31F7N4O5. The zero-order valence-corrected chi connectivity index (χ0v) is 24.3. The molecule has 3 N–H and O–H groups in total. The highest BCUT2D eigenvalue weighted by atomic mass is 19.4. The van der Waals surface area contributed by atoms with Crippen molar-refractivity contribution in [3.05, 3.63) is 65.7 Å². The van der Waals surface area contributed by atoms with Crippen LogP contribution in [0.25, 0.3) is 0 Å². The molecule has 0 atom stereocenters. The number of ether oxygens (including phenoxy) is 1. The van der Waals surface area contributed by atoms with E-state index in [2.05, 4.69) is 15.4 Å². The first-order valence-electron chi connectivity index (χ1n) is 13.6. The van der Waals surface area contributed by atoms with E-state index in [9.17, 15) is 40.6 Å². The third-order valence-corrected chi connectivity index (χ3v) is 7.01. The Balaban J connectivity index is 0.000000707. The minimum atomic E-state index is -5.08. The van der Waals surface area contributed by atoms with Crippen LogP contribution >= 0.6 is 0 Å².